The molecule has 1 saturated heterocycles. The monoisotopic (exact) mass is 246 g/mol. The number of hydrogen-bond donors (Lipinski definition) is 1. The van der Waals surface area contributed by atoms with Crippen LogP contribution in [0.25, 0.3) is 0 Å². The average Bonchev–Trinajstić information content (AvgIpc) is 2.78. The van der Waals surface area contributed by atoms with Gasteiger partial charge in [-0.2, -0.15) is 0 Å². The zero-order chi connectivity index (χ0) is 12.5. The molecule has 1 fully saturated rings. The van der Waals surface area contributed by atoms with Crippen LogP contribution in [0.2, 0.25) is 0 Å². The summed E-state index contributed by atoms with van der Waals surface area (Å²) in [6.45, 7) is 2.44. The van der Waals surface area contributed by atoms with Crippen molar-refractivity contribution < 1.29 is 14.3 Å². The summed E-state index contributed by atoms with van der Waals surface area (Å²) in [5.41, 5.74) is 2.34. The topological polar surface area (TPSA) is 58.6 Å². The van der Waals surface area contributed by atoms with Crippen molar-refractivity contribution in [2.75, 3.05) is 31.6 Å². The van der Waals surface area contributed by atoms with Crippen molar-refractivity contribution in [2.24, 2.45) is 0 Å². The Bertz CT molecular complexity index is 507. The Morgan fingerprint density at radius 2 is 2.06 bits per heavy atom. The Morgan fingerprint density at radius 1 is 1.28 bits per heavy atom. The van der Waals surface area contributed by atoms with E-state index in [1.54, 1.807) is 17.0 Å². The summed E-state index contributed by atoms with van der Waals surface area (Å²) in [6, 6.07) is 5.40. The molecule has 1 aromatic rings. The Balaban J connectivity index is 1.82. The van der Waals surface area contributed by atoms with Crippen LogP contribution in [0.1, 0.15) is 15.9 Å². The molecule has 0 spiro atoms. The van der Waals surface area contributed by atoms with E-state index in [-0.39, 0.29) is 11.8 Å². The molecule has 18 heavy (non-hydrogen) atoms. The van der Waals surface area contributed by atoms with E-state index in [0.717, 1.165) is 11.3 Å². The highest BCUT2D eigenvalue weighted by Crippen LogP contribution is 2.24. The van der Waals surface area contributed by atoms with Gasteiger partial charge >= 0.3 is 0 Å². The van der Waals surface area contributed by atoms with E-state index in [1.165, 1.54) is 0 Å². The number of nitrogens with one attached hydrogen (secondary N) is 1. The summed E-state index contributed by atoms with van der Waals surface area (Å²) in [7, 11) is 0. The fourth-order valence-corrected chi connectivity index (χ4v) is 2.30. The van der Waals surface area contributed by atoms with Crippen LogP contribution in [0.15, 0.2) is 18.2 Å². The van der Waals surface area contributed by atoms with E-state index in [1.807, 2.05) is 6.07 Å². The summed E-state index contributed by atoms with van der Waals surface area (Å²) in [5.74, 6) is -0.0109. The molecule has 5 heteroatoms. The fraction of sp³-hybridized carbons (Fsp3) is 0.385. The first-order valence-electron chi connectivity index (χ1n) is 6.04. The van der Waals surface area contributed by atoms with E-state index in [0.29, 0.717) is 38.3 Å². The predicted molar refractivity (Wildman–Crippen MR) is 65.5 cm³/mol. The minimum atomic E-state index is -0.0130. The van der Waals surface area contributed by atoms with Gasteiger partial charge in [-0.05, 0) is 17.7 Å². The van der Waals surface area contributed by atoms with Crippen LogP contribution in [-0.2, 0) is 16.0 Å². The smallest absolute Gasteiger partial charge is 0.254 e. The largest absolute Gasteiger partial charge is 0.378 e. The normalized spacial score (nSPS) is 18.4. The van der Waals surface area contributed by atoms with E-state index in [4.69, 9.17) is 4.74 Å². The summed E-state index contributed by atoms with van der Waals surface area (Å²) in [6.07, 6.45) is 0.404. The lowest BCUT2D eigenvalue weighted by atomic mass is 10.1. The Hall–Kier alpha value is -1.88. The Kier molecular flexibility index (Phi) is 2.76. The summed E-state index contributed by atoms with van der Waals surface area (Å²) < 4.78 is 5.22. The number of anilines is 1. The average molecular weight is 246 g/mol. The quantitative estimate of drug-likeness (QED) is 0.791. The predicted octanol–water partition coefficient (Wildman–Crippen LogP) is 0.654. The Labute approximate surface area is 105 Å². The highest BCUT2D eigenvalue weighted by molar-refractivity contribution is 6.02. The van der Waals surface area contributed by atoms with Gasteiger partial charge in [0.2, 0.25) is 5.91 Å². The van der Waals surface area contributed by atoms with Crippen LogP contribution >= 0.6 is 0 Å². The van der Waals surface area contributed by atoms with E-state index < -0.39 is 0 Å². The van der Waals surface area contributed by atoms with Gasteiger partial charge in [-0.25, -0.2) is 0 Å². The molecule has 2 amide bonds. The third kappa shape index (κ3) is 1.97. The Morgan fingerprint density at radius 3 is 2.83 bits per heavy atom. The molecule has 0 aromatic heterocycles. The van der Waals surface area contributed by atoms with Crippen molar-refractivity contribution in [3.63, 3.8) is 0 Å². The zero-order valence-corrected chi connectivity index (χ0v) is 9.94. The maximum absolute atomic E-state index is 12.2. The third-order valence-corrected chi connectivity index (χ3v) is 3.28. The first kappa shape index (κ1) is 11.2. The van der Waals surface area contributed by atoms with Gasteiger partial charge in [0, 0.05) is 24.3 Å². The van der Waals surface area contributed by atoms with E-state index in [9.17, 15) is 9.59 Å². The van der Waals surface area contributed by atoms with Gasteiger partial charge in [-0.1, -0.05) is 6.07 Å². The van der Waals surface area contributed by atoms with Gasteiger partial charge in [-0.3, -0.25) is 9.59 Å². The molecule has 1 N–H and O–H groups in total. The second kappa shape index (κ2) is 4.42. The molecule has 0 unspecified atom stereocenters. The number of ether oxygens (including phenoxy) is 1. The zero-order valence-electron chi connectivity index (χ0n) is 9.94. The molecular formula is C13H14N2O3. The fourth-order valence-electron chi connectivity index (χ4n) is 2.30. The molecule has 0 bridgehead atoms. The molecule has 5 nitrogen and oxygen atoms in total. The van der Waals surface area contributed by atoms with Crippen molar-refractivity contribution in [1.29, 1.82) is 0 Å². The molecule has 0 atom stereocenters. The highest BCUT2D eigenvalue weighted by Gasteiger charge is 2.22. The van der Waals surface area contributed by atoms with Gasteiger partial charge in [0.15, 0.2) is 0 Å². The molecule has 0 aliphatic carbocycles. The molecular weight excluding hydrogens is 232 g/mol. The first-order valence-corrected chi connectivity index (χ1v) is 6.04. The lowest BCUT2D eigenvalue weighted by Gasteiger charge is -2.27. The molecule has 3 rings (SSSR count). The number of rotatable bonds is 1. The van der Waals surface area contributed by atoms with Crippen LogP contribution in [-0.4, -0.2) is 43.0 Å². The molecule has 94 valence electrons. The molecule has 1 aromatic carbocycles. The molecule has 2 heterocycles. The number of nitrogens with zero attached hydrogens (tertiary/aromatic N) is 1. The van der Waals surface area contributed by atoms with Gasteiger partial charge in [0.1, 0.15) is 0 Å². The van der Waals surface area contributed by atoms with Crippen LogP contribution in [0.4, 0.5) is 5.69 Å². The van der Waals surface area contributed by atoms with Crippen LogP contribution in [0.3, 0.4) is 0 Å². The summed E-state index contributed by atoms with van der Waals surface area (Å²) in [5, 5.41) is 2.76. The minimum absolute atomic E-state index is 0.00208. The molecule has 0 saturated carbocycles. The second-order valence-electron chi connectivity index (χ2n) is 4.50. The van der Waals surface area contributed by atoms with Crippen LogP contribution in [0, 0.1) is 0 Å². The van der Waals surface area contributed by atoms with Crippen molar-refractivity contribution in [3.05, 3.63) is 29.3 Å². The van der Waals surface area contributed by atoms with Gasteiger partial charge < -0.3 is 15.0 Å². The molecule has 2 aliphatic heterocycles. The number of amides is 2. The third-order valence-electron chi connectivity index (χ3n) is 3.28. The maximum Gasteiger partial charge on any atom is 0.254 e. The van der Waals surface area contributed by atoms with Gasteiger partial charge in [-0.15, -0.1) is 0 Å². The summed E-state index contributed by atoms with van der Waals surface area (Å²) in [4.78, 5) is 25.3. The number of morpholine rings is 1. The number of hydrogen-bond acceptors (Lipinski definition) is 3. The van der Waals surface area contributed by atoms with Gasteiger partial charge in [0.05, 0.1) is 19.6 Å². The highest BCUT2D eigenvalue weighted by atomic mass is 16.5. The van der Waals surface area contributed by atoms with Crippen molar-refractivity contribution in [3.8, 4) is 0 Å². The SMILES string of the molecule is O=C1Cc2ccc(C(=O)N3CCOCC3)cc2N1. The number of fused-ring (bicyclic) bond motifs is 1. The molecule has 0 radical (unpaired) electrons. The first-order chi connectivity index (χ1) is 8.74. The standard InChI is InChI=1S/C13H14N2O3/c16-12-8-9-1-2-10(7-11(9)14-12)13(17)15-3-5-18-6-4-15/h1-2,7H,3-6,8H2,(H,14,16). The van der Waals surface area contributed by atoms with E-state index in [2.05, 4.69) is 5.32 Å². The van der Waals surface area contributed by atoms with Crippen molar-refractivity contribution in [1.82, 2.24) is 4.90 Å². The van der Waals surface area contributed by atoms with Gasteiger partial charge in [0.25, 0.3) is 5.91 Å². The maximum atomic E-state index is 12.2. The van der Waals surface area contributed by atoms with E-state index >= 15 is 0 Å². The number of carbonyl (C=O) groups is 2. The van der Waals surface area contributed by atoms with Crippen LogP contribution < -0.4 is 5.32 Å². The van der Waals surface area contributed by atoms with Crippen molar-refractivity contribution >= 4 is 17.5 Å². The summed E-state index contributed by atoms with van der Waals surface area (Å²) >= 11 is 0. The number of benzene rings is 1. The lowest BCUT2D eigenvalue weighted by Crippen LogP contribution is -2.40. The molecule has 2 aliphatic rings. The lowest BCUT2D eigenvalue weighted by molar-refractivity contribution is -0.115. The van der Waals surface area contributed by atoms with Crippen LogP contribution in [0.5, 0.6) is 0 Å². The second-order valence-corrected chi connectivity index (χ2v) is 4.50. The number of carbonyl (C=O) groups excluding carboxylic acids is 2. The van der Waals surface area contributed by atoms with Crippen molar-refractivity contribution in [2.45, 2.75) is 6.42 Å². The minimum Gasteiger partial charge on any atom is -0.378 e.